The number of nitrogens with two attached hydrogens (primary N) is 1. The molecule has 0 spiro atoms. The Labute approximate surface area is 115 Å². The SMILES string of the molecule is Cc1cccnc1COc1ccc(Br)c(CN)c1. The van der Waals surface area contributed by atoms with Crippen LogP contribution < -0.4 is 10.5 Å². The molecule has 0 aliphatic heterocycles. The number of aromatic nitrogens is 1. The topological polar surface area (TPSA) is 48.1 Å². The molecule has 0 saturated carbocycles. The Morgan fingerprint density at radius 1 is 1.33 bits per heavy atom. The number of hydrogen-bond donors (Lipinski definition) is 1. The van der Waals surface area contributed by atoms with Gasteiger partial charge in [-0.25, -0.2) is 0 Å². The van der Waals surface area contributed by atoms with Gasteiger partial charge in [-0.3, -0.25) is 4.98 Å². The summed E-state index contributed by atoms with van der Waals surface area (Å²) in [5.74, 6) is 0.809. The number of ether oxygens (including phenoxy) is 1. The van der Waals surface area contributed by atoms with Crippen molar-refractivity contribution in [2.75, 3.05) is 0 Å². The number of pyridine rings is 1. The van der Waals surface area contributed by atoms with Crippen molar-refractivity contribution < 1.29 is 4.74 Å². The molecule has 94 valence electrons. The van der Waals surface area contributed by atoms with Gasteiger partial charge in [-0.1, -0.05) is 22.0 Å². The Morgan fingerprint density at radius 3 is 2.89 bits per heavy atom. The fraction of sp³-hybridized carbons (Fsp3) is 0.214. The highest BCUT2D eigenvalue weighted by molar-refractivity contribution is 9.10. The van der Waals surface area contributed by atoms with Crippen LogP contribution in [0.25, 0.3) is 0 Å². The number of nitrogens with zero attached hydrogens (tertiary/aromatic N) is 1. The molecule has 0 fully saturated rings. The molecule has 1 aromatic carbocycles. The monoisotopic (exact) mass is 306 g/mol. The van der Waals surface area contributed by atoms with E-state index in [4.69, 9.17) is 10.5 Å². The van der Waals surface area contributed by atoms with Crippen LogP contribution in [0.2, 0.25) is 0 Å². The van der Waals surface area contributed by atoms with Crippen LogP contribution in [-0.2, 0) is 13.2 Å². The van der Waals surface area contributed by atoms with Crippen LogP contribution in [0.5, 0.6) is 5.75 Å². The zero-order valence-corrected chi connectivity index (χ0v) is 11.8. The van der Waals surface area contributed by atoms with Crippen molar-refractivity contribution in [1.29, 1.82) is 0 Å². The van der Waals surface area contributed by atoms with E-state index in [1.165, 1.54) is 0 Å². The van der Waals surface area contributed by atoms with Crippen molar-refractivity contribution >= 4 is 15.9 Å². The average Bonchev–Trinajstić information content (AvgIpc) is 2.39. The Balaban J connectivity index is 2.09. The molecule has 0 amide bonds. The molecular formula is C14H15BrN2O. The van der Waals surface area contributed by atoms with Gasteiger partial charge in [-0.05, 0) is 42.3 Å². The van der Waals surface area contributed by atoms with E-state index in [1.54, 1.807) is 6.20 Å². The molecule has 0 bridgehead atoms. The molecule has 0 unspecified atom stereocenters. The van der Waals surface area contributed by atoms with Gasteiger partial charge in [0.05, 0.1) is 5.69 Å². The minimum absolute atomic E-state index is 0.471. The maximum Gasteiger partial charge on any atom is 0.130 e. The lowest BCUT2D eigenvalue weighted by atomic mass is 10.2. The molecule has 18 heavy (non-hydrogen) atoms. The summed E-state index contributed by atoms with van der Waals surface area (Å²) in [4.78, 5) is 4.29. The van der Waals surface area contributed by atoms with Crippen molar-refractivity contribution in [1.82, 2.24) is 4.98 Å². The van der Waals surface area contributed by atoms with Crippen molar-refractivity contribution in [2.24, 2.45) is 5.73 Å². The van der Waals surface area contributed by atoms with Gasteiger partial charge in [0.25, 0.3) is 0 Å². The first-order valence-electron chi connectivity index (χ1n) is 5.72. The molecule has 1 aromatic heterocycles. The standard InChI is InChI=1S/C14H15BrN2O/c1-10-3-2-6-17-14(10)9-18-12-4-5-13(15)11(7-12)8-16/h2-7H,8-9,16H2,1H3. The zero-order chi connectivity index (χ0) is 13.0. The molecule has 0 radical (unpaired) electrons. The second-order valence-corrected chi connectivity index (χ2v) is 4.87. The van der Waals surface area contributed by atoms with Crippen molar-refractivity contribution in [3.8, 4) is 5.75 Å². The third-order valence-electron chi connectivity index (χ3n) is 2.73. The summed E-state index contributed by atoms with van der Waals surface area (Å²) in [6, 6.07) is 9.76. The van der Waals surface area contributed by atoms with Crippen LogP contribution >= 0.6 is 15.9 Å². The van der Waals surface area contributed by atoms with Gasteiger partial charge in [-0.2, -0.15) is 0 Å². The molecule has 0 aliphatic carbocycles. The molecule has 2 aromatic rings. The van der Waals surface area contributed by atoms with Crippen molar-refractivity contribution in [3.63, 3.8) is 0 Å². The third kappa shape index (κ3) is 3.09. The molecule has 0 aliphatic rings. The lowest BCUT2D eigenvalue weighted by molar-refractivity contribution is 0.300. The Kier molecular flexibility index (Phi) is 4.33. The second kappa shape index (κ2) is 5.98. The number of hydrogen-bond acceptors (Lipinski definition) is 3. The second-order valence-electron chi connectivity index (χ2n) is 4.01. The number of halogens is 1. The summed E-state index contributed by atoms with van der Waals surface area (Å²) in [6.45, 7) is 2.98. The summed E-state index contributed by atoms with van der Waals surface area (Å²) < 4.78 is 6.74. The average molecular weight is 307 g/mol. The van der Waals surface area contributed by atoms with Gasteiger partial charge in [0.15, 0.2) is 0 Å². The number of aryl methyl sites for hydroxylation is 1. The fourth-order valence-corrected chi connectivity index (χ4v) is 2.03. The quantitative estimate of drug-likeness (QED) is 0.943. The first-order valence-corrected chi connectivity index (χ1v) is 6.52. The zero-order valence-electron chi connectivity index (χ0n) is 10.2. The van der Waals surface area contributed by atoms with Crippen LogP contribution in [-0.4, -0.2) is 4.98 Å². The smallest absolute Gasteiger partial charge is 0.130 e. The third-order valence-corrected chi connectivity index (χ3v) is 3.50. The van der Waals surface area contributed by atoms with E-state index < -0.39 is 0 Å². The molecule has 4 heteroatoms. The summed E-state index contributed by atoms with van der Waals surface area (Å²) >= 11 is 3.45. The highest BCUT2D eigenvalue weighted by atomic mass is 79.9. The number of benzene rings is 1. The first-order chi connectivity index (χ1) is 8.70. The molecule has 0 saturated heterocycles. The van der Waals surface area contributed by atoms with Gasteiger partial charge >= 0.3 is 0 Å². The Morgan fingerprint density at radius 2 is 2.17 bits per heavy atom. The molecule has 3 nitrogen and oxygen atoms in total. The molecule has 0 atom stereocenters. The van der Waals surface area contributed by atoms with Crippen molar-refractivity contribution in [3.05, 3.63) is 57.8 Å². The van der Waals surface area contributed by atoms with Gasteiger partial charge in [-0.15, -0.1) is 0 Å². The normalized spacial score (nSPS) is 10.4. The van der Waals surface area contributed by atoms with E-state index in [2.05, 4.69) is 20.9 Å². The lowest BCUT2D eigenvalue weighted by Crippen LogP contribution is -2.02. The molecule has 2 N–H and O–H groups in total. The van der Waals surface area contributed by atoms with E-state index in [-0.39, 0.29) is 0 Å². The Bertz CT molecular complexity index is 543. The fourth-order valence-electron chi connectivity index (χ4n) is 1.62. The van der Waals surface area contributed by atoms with E-state index in [0.717, 1.165) is 27.0 Å². The maximum absolute atomic E-state index is 5.73. The minimum Gasteiger partial charge on any atom is -0.487 e. The minimum atomic E-state index is 0.471. The van der Waals surface area contributed by atoms with Gasteiger partial charge in [0.2, 0.25) is 0 Å². The van der Waals surface area contributed by atoms with Crippen molar-refractivity contribution in [2.45, 2.75) is 20.1 Å². The largest absolute Gasteiger partial charge is 0.487 e. The van der Waals surface area contributed by atoms with E-state index in [1.807, 2.05) is 37.3 Å². The van der Waals surface area contributed by atoms with Crippen LogP contribution in [0.3, 0.4) is 0 Å². The van der Waals surface area contributed by atoms with Gasteiger partial charge < -0.3 is 10.5 Å². The summed E-state index contributed by atoms with van der Waals surface area (Å²) in [6.07, 6.45) is 1.78. The summed E-state index contributed by atoms with van der Waals surface area (Å²) in [7, 11) is 0. The Hall–Kier alpha value is -1.39. The van der Waals surface area contributed by atoms with Gasteiger partial charge in [0.1, 0.15) is 12.4 Å². The first kappa shape index (κ1) is 13.1. The highest BCUT2D eigenvalue weighted by Gasteiger charge is 2.03. The van der Waals surface area contributed by atoms with E-state index in [0.29, 0.717) is 13.2 Å². The highest BCUT2D eigenvalue weighted by Crippen LogP contribution is 2.22. The lowest BCUT2D eigenvalue weighted by Gasteiger charge is -2.09. The van der Waals surface area contributed by atoms with Gasteiger partial charge in [0, 0.05) is 17.2 Å². The van der Waals surface area contributed by atoms with Crippen LogP contribution in [0.1, 0.15) is 16.8 Å². The molecular weight excluding hydrogens is 292 g/mol. The molecule has 2 rings (SSSR count). The van der Waals surface area contributed by atoms with Crippen LogP contribution in [0.4, 0.5) is 0 Å². The number of rotatable bonds is 4. The molecule has 1 heterocycles. The van der Waals surface area contributed by atoms with Crippen LogP contribution in [0, 0.1) is 6.92 Å². The van der Waals surface area contributed by atoms with E-state index in [9.17, 15) is 0 Å². The predicted octanol–water partition coefficient (Wildman–Crippen LogP) is 3.19. The van der Waals surface area contributed by atoms with Crippen LogP contribution in [0.15, 0.2) is 41.0 Å². The maximum atomic E-state index is 5.73. The van der Waals surface area contributed by atoms with E-state index >= 15 is 0 Å². The predicted molar refractivity (Wildman–Crippen MR) is 75.3 cm³/mol. The summed E-state index contributed by atoms with van der Waals surface area (Å²) in [5, 5.41) is 0. The summed E-state index contributed by atoms with van der Waals surface area (Å²) in [5.41, 5.74) is 8.77.